The van der Waals surface area contributed by atoms with Gasteiger partial charge in [0.25, 0.3) is 0 Å². The van der Waals surface area contributed by atoms with Gasteiger partial charge in [0.05, 0.1) is 5.56 Å². The molecule has 0 radical (unpaired) electrons. The van der Waals surface area contributed by atoms with Crippen molar-refractivity contribution < 1.29 is 9.90 Å². The minimum Gasteiger partial charge on any atom is -0.478 e. The van der Waals surface area contributed by atoms with Crippen molar-refractivity contribution in [2.75, 3.05) is 5.32 Å². The number of aromatic carboxylic acids is 1. The van der Waals surface area contributed by atoms with Gasteiger partial charge in [-0.05, 0) is 50.5 Å². The Labute approximate surface area is 89.1 Å². The van der Waals surface area contributed by atoms with E-state index < -0.39 is 5.97 Å². The van der Waals surface area contributed by atoms with Gasteiger partial charge in [-0.3, -0.25) is 0 Å². The van der Waals surface area contributed by atoms with E-state index >= 15 is 0 Å². The molecule has 15 heavy (non-hydrogen) atoms. The van der Waals surface area contributed by atoms with Crippen LogP contribution in [0.1, 0.15) is 36.5 Å². The molecule has 0 unspecified atom stereocenters. The first-order chi connectivity index (χ1) is 7.09. The maximum atomic E-state index is 10.6. The molecule has 2 rings (SSSR count). The molecule has 0 saturated heterocycles. The molecule has 0 amide bonds. The van der Waals surface area contributed by atoms with Crippen molar-refractivity contribution in [1.82, 2.24) is 0 Å². The van der Waals surface area contributed by atoms with Crippen LogP contribution in [0, 0.1) is 0 Å². The lowest BCUT2D eigenvalue weighted by atomic mass is 9.78. The van der Waals surface area contributed by atoms with E-state index in [9.17, 15) is 4.79 Å². The molecule has 1 aromatic rings. The molecule has 0 aromatic heterocycles. The summed E-state index contributed by atoms with van der Waals surface area (Å²) in [6, 6.07) is 6.92. The highest BCUT2D eigenvalue weighted by molar-refractivity contribution is 5.88. The predicted molar refractivity (Wildman–Crippen MR) is 59.3 cm³/mol. The van der Waals surface area contributed by atoms with Crippen LogP contribution in [0.3, 0.4) is 0 Å². The molecule has 0 spiro atoms. The standard InChI is InChI=1S/C12H15NO2/c1-12(7-2-8-12)13-10-5-3-9(4-6-10)11(14)15/h3-6,13H,2,7-8H2,1H3,(H,14,15). The fourth-order valence-electron chi connectivity index (χ4n) is 1.88. The maximum absolute atomic E-state index is 10.6. The van der Waals surface area contributed by atoms with Gasteiger partial charge in [0.2, 0.25) is 0 Å². The third kappa shape index (κ3) is 2.12. The van der Waals surface area contributed by atoms with Gasteiger partial charge in [-0.1, -0.05) is 0 Å². The number of rotatable bonds is 3. The molecule has 2 N–H and O–H groups in total. The highest BCUT2D eigenvalue weighted by Gasteiger charge is 2.31. The Morgan fingerprint density at radius 3 is 2.33 bits per heavy atom. The normalized spacial score (nSPS) is 17.9. The summed E-state index contributed by atoms with van der Waals surface area (Å²) in [5, 5.41) is 12.2. The number of hydrogen-bond acceptors (Lipinski definition) is 2. The second-order valence-electron chi connectivity index (χ2n) is 4.42. The lowest BCUT2D eigenvalue weighted by molar-refractivity contribution is 0.0697. The molecular weight excluding hydrogens is 190 g/mol. The van der Waals surface area contributed by atoms with Crippen molar-refractivity contribution in [3.05, 3.63) is 29.8 Å². The van der Waals surface area contributed by atoms with Crippen LogP contribution in [-0.2, 0) is 0 Å². The van der Waals surface area contributed by atoms with Crippen molar-refractivity contribution in [1.29, 1.82) is 0 Å². The molecule has 0 aliphatic heterocycles. The first-order valence-electron chi connectivity index (χ1n) is 5.21. The third-order valence-electron chi connectivity index (χ3n) is 3.04. The van der Waals surface area contributed by atoms with E-state index in [0.717, 1.165) is 5.69 Å². The Morgan fingerprint density at radius 2 is 1.93 bits per heavy atom. The van der Waals surface area contributed by atoms with E-state index in [0.29, 0.717) is 5.56 Å². The molecule has 3 nitrogen and oxygen atoms in total. The maximum Gasteiger partial charge on any atom is 0.335 e. The van der Waals surface area contributed by atoms with Crippen molar-refractivity contribution >= 4 is 11.7 Å². The van der Waals surface area contributed by atoms with E-state index in [-0.39, 0.29) is 5.54 Å². The topological polar surface area (TPSA) is 49.3 Å². The fraction of sp³-hybridized carbons (Fsp3) is 0.417. The van der Waals surface area contributed by atoms with E-state index in [1.165, 1.54) is 19.3 Å². The van der Waals surface area contributed by atoms with E-state index in [1.807, 2.05) is 12.1 Å². The van der Waals surface area contributed by atoms with E-state index in [2.05, 4.69) is 12.2 Å². The summed E-state index contributed by atoms with van der Waals surface area (Å²) in [7, 11) is 0. The SMILES string of the molecule is CC1(Nc2ccc(C(=O)O)cc2)CCC1. The summed E-state index contributed by atoms with van der Waals surface area (Å²) < 4.78 is 0. The zero-order valence-electron chi connectivity index (χ0n) is 8.79. The second kappa shape index (κ2) is 3.57. The minimum atomic E-state index is -0.878. The summed E-state index contributed by atoms with van der Waals surface area (Å²) in [4.78, 5) is 10.6. The Morgan fingerprint density at radius 1 is 1.33 bits per heavy atom. The summed E-state index contributed by atoms with van der Waals surface area (Å²) in [6.07, 6.45) is 3.65. The summed E-state index contributed by atoms with van der Waals surface area (Å²) in [6.45, 7) is 2.20. The van der Waals surface area contributed by atoms with Crippen LogP contribution in [0.2, 0.25) is 0 Å². The highest BCUT2D eigenvalue weighted by Crippen LogP contribution is 2.34. The summed E-state index contributed by atoms with van der Waals surface area (Å²) >= 11 is 0. The number of hydrogen-bond donors (Lipinski definition) is 2. The number of carboxylic acid groups (broad SMARTS) is 1. The van der Waals surface area contributed by atoms with Gasteiger partial charge in [0.1, 0.15) is 0 Å². The van der Waals surface area contributed by atoms with Crippen LogP contribution >= 0.6 is 0 Å². The Hall–Kier alpha value is -1.51. The van der Waals surface area contributed by atoms with Gasteiger partial charge < -0.3 is 10.4 Å². The first kappa shape index (κ1) is 10.0. The molecule has 0 heterocycles. The van der Waals surface area contributed by atoms with E-state index in [1.54, 1.807) is 12.1 Å². The molecule has 1 aliphatic carbocycles. The van der Waals surface area contributed by atoms with Crippen LogP contribution < -0.4 is 5.32 Å². The van der Waals surface area contributed by atoms with Gasteiger partial charge in [-0.15, -0.1) is 0 Å². The molecule has 3 heteroatoms. The molecule has 0 atom stereocenters. The zero-order chi connectivity index (χ0) is 10.9. The molecule has 1 aromatic carbocycles. The lowest BCUT2D eigenvalue weighted by Gasteiger charge is -2.40. The Balaban J connectivity index is 2.07. The van der Waals surface area contributed by atoms with Crippen molar-refractivity contribution in [2.45, 2.75) is 31.7 Å². The first-order valence-corrected chi connectivity index (χ1v) is 5.21. The average Bonchev–Trinajstić information content (AvgIpc) is 2.16. The lowest BCUT2D eigenvalue weighted by Crippen LogP contribution is -2.41. The minimum absolute atomic E-state index is 0.213. The largest absolute Gasteiger partial charge is 0.478 e. The number of carboxylic acids is 1. The van der Waals surface area contributed by atoms with Gasteiger partial charge in [0, 0.05) is 11.2 Å². The average molecular weight is 205 g/mol. The summed E-state index contributed by atoms with van der Waals surface area (Å²) in [5.74, 6) is -0.878. The Bertz CT molecular complexity index is 366. The fourth-order valence-corrected chi connectivity index (χ4v) is 1.88. The molecule has 1 aliphatic rings. The molecule has 1 fully saturated rings. The van der Waals surface area contributed by atoms with Gasteiger partial charge in [-0.2, -0.15) is 0 Å². The number of nitrogens with one attached hydrogen (secondary N) is 1. The third-order valence-corrected chi connectivity index (χ3v) is 3.04. The molecule has 80 valence electrons. The van der Waals surface area contributed by atoms with Gasteiger partial charge in [-0.25, -0.2) is 4.79 Å². The molecule has 1 saturated carbocycles. The smallest absolute Gasteiger partial charge is 0.335 e. The van der Waals surface area contributed by atoms with Crippen molar-refractivity contribution in [2.24, 2.45) is 0 Å². The van der Waals surface area contributed by atoms with Crippen LogP contribution in [0.4, 0.5) is 5.69 Å². The highest BCUT2D eigenvalue weighted by atomic mass is 16.4. The van der Waals surface area contributed by atoms with Crippen LogP contribution in [0.25, 0.3) is 0 Å². The Kier molecular flexibility index (Phi) is 2.39. The van der Waals surface area contributed by atoms with Crippen molar-refractivity contribution in [3.63, 3.8) is 0 Å². The molecular formula is C12H15NO2. The van der Waals surface area contributed by atoms with E-state index in [4.69, 9.17) is 5.11 Å². The van der Waals surface area contributed by atoms with Crippen LogP contribution in [-0.4, -0.2) is 16.6 Å². The zero-order valence-corrected chi connectivity index (χ0v) is 8.79. The molecule has 0 bridgehead atoms. The number of anilines is 1. The second-order valence-corrected chi connectivity index (χ2v) is 4.42. The van der Waals surface area contributed by atoms with Gasteiger partial charge >= 0.3 is 5.97 Å². The monoisotopic (exact) mass is 205 g/mol. The predicted octanol–water partition coefficient (Wildman–Crippen LogP) is 2.74. The summed E-state index contributed by atoms with van der Waals surface area (Å²) in [5.41, 5.74) is 1.55. The van der Waals surface area contributed by atoms with Crippen LogP contribution in [0.15, 0.2) is 24.3 Å². The van der Waals surface area contributed by atoms with Gasteiger partial charge in [0.15, 0.2) is 0 Å². The quantitative estimate of drug-likeness (QED) is 0.797. The number of carbonyl (C=O) groups is 1. The van der Waals surface area contributed by atoms with Crippen molar-refractivity contribution in [3.8, 4) is 0 Å². The van der Waals surface area contributed by atoms with Crippen LogP contribution in [0.5, 0.6) is 0 Å². The number of benzene rings is 1.